The van der Waals surface area contributed by atoms with Crippen molar-refractivity contribution in [3.63, 3.8) is 0 Å². The topological polar surface area (TPSA) is 105 Å². The van der Waals surface area contributed by atoms with Crippen molar-refractivity contribution in [2.45, 2.75) is 57.5 Å². The monoisotopic (exact) mass is 485 g/mol. The average Bonchev–Trinajstić information content (AvgIpc) is 2.80. The highest BCUT2D eigenvalue weighted by molar-refractivity contribution is 7.89. The van der Waals surface area contributed by atoms with Crippen molar-refractivity contribution in [1.82, 2.24) is 4.31 Å². The lowest BCUT2D eigenvalue weighted by Gasteiger charge is -2.31. The van der Waals surface area contributed by atoms with Crippen LogP contribution < -0.4 is 15.4 Å². The molecule has 0 aliphatic carbocycles. The number of nitrogens with zero attached hydrogens (tertiary/aromatic N) is 1. The first-order valence-corrected chi connectivity index (χ1v) is 13.0. The van der Waals surface area contributed by atoms with Crippen molar-refractivity contribution in [3.05, 3.63) is 47.5 Å². The summed E-state index contributed by atoms with van der Waals surface area (Å²) in [5.41, 5.74) is 2.95. The van der Waals surface area contributed by atoms with Crippen LogP contribution in [0.1, 0.15) is 50.7 Å². The maximum Gasteiger partial charge on any atom is 0.265 e. The molecule has 2 aromatic carbocycles. The molecule has 8 nitrogen and oxygen atoms in total. The molecular weight excluding hydrogens is 454 g/mol. The minimum Gasteiger partial charge on any atom is -0.479 e. The minimum atomic E-state index is -3.77. The number of rotatable bonds is 5. The lowest BCUT2D eigenvalue weighted by Crippen LogP contribution is -2.41. The summed E-state index contributed by atoms with van der Waals surface area (Å²) in [6.07, 6.45) is 0.201. The first-order valence-electron chi connectivity index (χ1n) is 11.6. The fourth-order valence-corrected chi connectivity index (χ4v) is 6.01. The predicted molar refractivity (Wildman–Crippen MR) is 131 cm³/mol. The smallest absolute Gasteiger partial charge is 0.265 e. The number of sulfonamides is 1. The number of carbonyl (C=O) groups excluding carboxylic acids is 2. The Morgan fingerprint density at radius 3 is 2.41 bits per heavy atom. The molecule has 182 valence electrons. The summed E-state index contributed by atoms with van der Waals surface area (Å²) in [7, 11) is -3.77. The number of piperidine rings is 1. The lowest BCUT2D eigenvalue weighted by atomic mass is 9.97. The Morgan fingerprint density at radius 1 is 1.15 bits per heavy atom. The highest BCUT2D eigenvalue weighted by Gasteiger charge is 2.34. The summed E-state index contributed by atoms with van der Waals surface area (Å²) in [4.78, 5) is 24.8. The third-order valence-electron chi connectivity index (χ3n) is 6.50. The molecule has 2 N–H and O–H groups in total. The first-order chi connectivity index (χ1) is 16.1. The van der Waals surface area contributed by atoms with E-state index in [1.165, 1.54) is 15.9 Å². The lowest BCUT2D eigenvalue weighted by molar-refractivity contribution is -0.123. The van der Waals surface area contributed by atoms with Crippen molar-refractivity contribution in [2.75, 3.05) is 23.7 Å². The quantitative estimate of drug-likeness (QED) is 0.669. The average molecular weight is 486 g/mol. The molecule has 2 amide bonds. The van der Waals surface area contributed by atoms with Crippen molar-refractivity contribution < 1.29 is 22.7 Å². The molecule has 0 unspecified atom stereocenters. The Balaban J connectivity index is 1.42. The molecule has 2 heterocycles. The zero-order valence-corrected chi connectivity index (χ0v) is 20.7. The van der Waals surface area contributed by atoms with E-state index in [1.807, 2.05) is 24.3 Å². The van der Waals surface area contributed by atoms with Crippen molar-refractivity contribution in [1.29, 1.82) is 0 Å². The number of hydrogen-bond donors (Lipinski definition) is 2. The number of nitrogens with one attached hydrogen (secondary N) is 2. The SMILES string of the molecule is Cc1cc2c(cc1S(=O)(=O)N1CCC(C(=O)Nc3ccc(C(C)C)cc3)CC1)O[C@H](C)C(=O)N2. The standard InChI is InChI=1S/C25H31N3O5S/c1-15(2)18-5-7-20(8-6-18)26-25(30)19-9-11-28(12-10-19)34(31,32)23-14-22-21(13-16(23)3)27-24(29)17(4)33-22/h5-8,13-15,17,19H,9-12H2,1-4H3,(H,26,30)(H,27,29)/t17-/m1/s1. The Morgan fingerprint density at radius 2 is 1.79 bits per heavy atom. The van der Waals surface area contributed by atoms with Crippen LogP contribution in [0.15, 0.2) is 41.3 Å². The van der Waals surface area contributed by atoms with Crippen molar-refractivity contribution in [2.24, 2.45) is 5.92 Å². The van der Waals surface area contributed by atoms with Gasteiger partial charge in [-0.25, -0.2) is 8.42 Å². The van der Waals surface area contributed by atoms with Crippen LogP contribution in [0, 0.1) is 12.8 Å². The summed E-state index contributed by atoms with van der Waals surface area (Å²) in [5.74, 6) is 0.161. The van der Waals surface area contributed by atoms with E-state index in [-0.39, 0.29) is 35.7 Å². The maximum absolute atomic E-state index is 13.4. The van der Waals surface area contributed by atoms with Gasteiger partial charge in [0.05, 0.1) is 10.6 Å². The van der Waals surface area contributed by atoms with Crippen molar-refractivity contribution in [3.8, 4) is 5.75 Å². The molecule has 34 heavy (non-hydrogen) atoms. The molecule has 0 saturated carbocycles. The van der Waals surface area contributed by atoms with Crippen LogP contribution in [0.25, 0.3) is 0 Å². The van der Waals surface area contributed by atoms with Crippen LogP contribution in [-0.2, 0) is 19.6 Å². The molecule has 1 saturated heterocycles. The van der Waals surface area contributed by atoms with Crippen molar-refractivity contribution >= 4 is 33.2 Å². The zero-order chi connectivity index (χ0) is 24.6. The van der Waals surface area contributed by atoms with Gasteiger partial charge in [-0.05, 0) is 61.9 Å². The van der Waals surface area contributed by atoms with Gasteiger partial charge in [-0.15, -0.1) is 0 Å². The van der Waals surface area contributed by atoms with E-state index in [9.17, 15) is 18.0 Å². The Hall–Kier alpha value is -2.91. The summed E-state index contributed by atoms with van der Waals surface area (Å²) in [5, 5.41) is 5.69. The van der Waals surface area contributed by atoms with E-state index >= 15 is 0 Å². The number of amides is 2. The fourth-order valence-electron chi connectivity index (χ4n) is 4.31. The van der Waals surface area contributed by atoms with Crippen LogP contribution in [0.5, 0.6) is 5.75 Å². The molecule has 0 spiro atoms. The predicted octanol–water partition coefficient (Wildman–Crippen LogP) is 3.88. The fraction of sp³-hybridized carbons (Fsp3) is 0.440. The summed E-state index contributed by atoms with van der Waals surface area (Å²) in [6.45, 7) is 8.07. The van der Waals surface area contributed by atoms with Gasteiger partial charge in [0.25, 0.3) is 5.91 Å². The first kappa shape index (κ1) is 24.2. The summed E-state index contributed by atoms with van der Waals surface area (Å²) < 4.78 is 33.8. The number of benzene rings is 2. The molecule has 2 aliphatic rings. The van der Waals surface area contributed by atoms with Gasteiger partial charge < -0.3 is 15.4 Å². The summed E-state index contributed by atoms with van der Waals surface area (Å²) >= 11 is 0. The maximum atomic E-state index is 13.4. The second-order valence-electron chi connectivity index (χ2n) is 9.31. The Kier molecular flexibility index (Phi) is 6.69. The number of aryl methyl sites for hydroxylation is 1. The van der Waals surface area contributed by atoms with Crippen LogP contribution in [0.3, 0.4) is 0 Å². The van der Waals surface area contributed by atoms with E-state index in [1.54, 1.807) is 19.9 Å². The molecular formula is C25H31N3O5S. The largest absolute Gasteiger partial charge is 0.479 e. The molecule has 1 atom stereocenters. The van der Waals surface area contributed by atoms with Gasteiger partial charge in [-0.1, -0.05) is 26.0 Å². The third-order valence-corrected chi connectivity index (χ3v) is 8.54. The molecule has 0 aromatic heterocycles. The van der Waals surface area contributed by atoms with Gasteiger partial charge in [0.1, 0.15) is 5.75 Å². The number of carbonyl (C=O) groups is 2. The van der Waals surface area contributed by atoms with Gasteiger partial charge in [0.2, 0.25) is 15.9 Å². The van der Waals surface area contributed by atoms with Crippen LogP contribution >= 0.6 is 0 Å². The molecule has 0 radical (unpaired) electrons. The van der Waals surface area contributed by atoms with E-state index in [0.717, 1.165) is 5.69 Å². The molecule has 2 aromatic rings. The molecule has 0 bridgehead atoms. The second-order valence-corrected chi connectivity index (χ2v) is 11.2. The molecule has 4 rings (SSSR count). The van der Waals surface area contributed by atoms with Crippen LogP contribution in [0.4, 0.5) is 11.4 Å². The summed E-state index contributed by atoms with van der Waals surface area (Å²) in [6, 6.07) is 10.9. The van der Waals surface area contributed by atoms with Crippen LogP contribution in [-0.4, -0.2) is 43.7 Å². The van der Waals surface area contributed by atoms with E-state index in [0.29, 0.717) is 35.8 Å². The highest BCUT2D eigenvalue weighted by atomic mass is 32.2. The third kappa shape index (κ3) is 4.81. The number of hydrogen-bond acceptors (Lipinski definition) is 5. The van der Waals surface area contributed by atoms with Gasteiger partial charge in [-0.3, -0.25) is 9.59 Å². The molecule has 2 aliphatic heterocycles. The number of ether oxygens (including phenoxy) is 1. The van der Waals surface area contributed by atoms with Gasteiger partial charge in [-0.2, -0.15) is 4.31 Å². The van der Waals surface area contributed by atoms with E-state index < -0.39 is 16.1 Å². The van der Waals surface area contributed by atoms with Crippen LogP contribution in [0.2, 0.25) is 0 Å². The van der Waals surface area contributed by atoms with E-state index in [4.69, 9.17) is 4.74 Å². The Bertz CT molecular complexity index is 1200. The normalized spacial score (nSPS) is 19.3. The minimum absolute atomic E-state index is 0.0857. The van der Waals surface area contributed by atoms with Gasteiger partial charge in [0.15, 0.2) is 6.10 Å². The Labute approximate surface area is 200 Å². The van der Waals surface area contributed by atoms with E-state index in [2.05, 4.69) is 24.5 Å². The van der Waals surface area contributed by atoms with Gasteiger partial charge >= 0.3 is 0 Å². The number of anilines is 2. The second kappa shape index (κ2) is 9.38. The molecule has 9 heteroatoms. The zero-order valence-electron chi connectivity index (χ0n) is 19.9. The highest BCUT2D eigenvalue weighted by Crippen LogP contribution is 2.36. The van der Waals surface area contributed by atoms with Gasteiger partial charge in [0, 0.05) is 30.8 Å². The number of fused-ring (bicyclic) bond motifs is 1. The molecule has 1 fully saturated rings.